The highest BCUT2D eigenvalue weighted by molar-refractivity contribution is 5.97. The van der Waals surface area contributed by atoms with Gasteiger partial charge in [-0.1, -0.05) is 35.0 Å². The average Bonchev–Trinajstić information content (AvgIpc) is 2.26. The zero-order valence-electron chi connectivity index (χ0n) is 10.1. The third kappa shape index (κ3) is 4.55. The molecular formula is C12H16N2O3. The minimum absolute atomic E-state index is 0.130. The summed E-state index contributed by atoms with van der Waals surface area (Å²) < 4.78 is 4.73. The molecule has 0 spiro atoms. The van der Waals surface area contributed by atoms with Crippen LogP contribution in [-0.2, 0) is 9.57 Å². The maximum Gasteiger partial charge on any atom is 0.535 e. The standard InChI is InChI=1S/C12H16N2O3/c1-8(2)16-12(15)17-14-11(13)10-6-4-9(3)5-7-10/h4-8H,1-3H3,(H2,13,14). The molecule has 1 aromatic rings. The van der Waals surface area contributed by atoms with E-state index < -0.39 is 6.16 Å². The van der Waals surface area contributed by atoms with Gasteiger partial charge in [-0.25, -0.2) is 4.79 Å². The molecule has 0 fully saturated rings. The number of hydrogen-bond acceptors (Lipinski definition) is 4. The van der Waals surface area contributed by atoms with Gasteiger partial charge >= 0.3 is 6.16 Å². The molecule has 0 aliphatic carbocycles. The van der Waals surface area contributed by atoms with E-state index >= 15 is 0 Å². The maximum absolute atomic E-state index is 11.0. The molecule has 0 aliphatic rings. The first-order valence-corrected chi connectivity index (χ1v) is 5.27. The van der Waals surface area contributed by atoms with Crippen LogP contribution in [-0.4, -0.2) is 18.1 Å². The molecule has 0 unspecified atom stereocenters. The predicted molar refractivity (Wildman–Crippen MR) is 64.6 cm³/mol. The Morgan fingerprint density at radius 2 is 1.88 bits per heavy atom. The normalized spacial score (nSPS) is 11.4. The topological polar surface area (TPSA) is 73.9 Å². The van der Waals surface area contributed by atoms with Gasteiger partial charge in [0.1, 0.15) is 0 Å². The quantitative estimate of drug-likeness (QED) is 0.287. The first-order valence-electron chi connectivity index (χ1n) is 5.27. The van der Waals surface area contributed by atoms with Gasteiger partial charge in [-0.05, 0) is 20.8 Å². The summed E-state index contributed by atoms with van der Waals surface area (Å²) in [6, 6.07) is 7.38. The van der Waals surface area contributed by atoms with Gasteiger partial charge in [0.15, 0.2) is 5.84 Å². The second-order valence-electron chi connectivity index (χ2n) is 3.85. The first kappa shape index (κ1) is 13.0. The molecule has 5 nitrogen and oxygen atoms in total. The Morgan fingerprint density at radius 1 is 1.29 bits per heavy atom. The Hall–Kier alpha value is -2.04. The lowest BCUT2D eigenvalue weighted by molar-refractivity contribution is 0.0362. The summed E-state index contributed by atoms with van der Waals surface area (Å²) in [4.78, 5) is 15.5. The summed E-state index contributed by atoms with van der Waals surface area (Å²) in [5.74, 6) is 0.130. The number of oxime groups is 1. The third-order valence-electron chi connectivity index (χ3n) is 1.90. The van der Waals surface area contributed by atoms with Crippen molar-refractivity contribution < 1.29 is 14.4 Å². The number of aryl methyl sites for hydroxylation is 1. The van der Waals surface area contributed by atoms with Crippen LogP contribution in [0.25, 0.3) is 0 Å². The largest absolute Gasteiger partial charge is 0.535 e. The minimum atomic E-state index is -0.866. The Kier molecular flexibility index (Phi) is 4.51. The number of nitrogens with zero attached hydrogens (tertiary/aromatic N) is 1. The number of benzene rings is 1. The Bertz CT molecular complexity index is 410. The Morgan fingerprint density at radius 3 is 2.41 bits per heavy atom. The lowest BCUT2D eigenvalue weighted by atomic mass is 10.1. The summed E-state index contributed by atoms with van der Waals surface area (Å²) in [7, 11) is 0. The molecule has 0 saturated heterocycles. The third-order valence-corrected chi connectivity index (χ3v) is 1.90. The van der Waals surface area contributed by atoms with E-state index in [1.54, 1.807) is 26.0 Å². The van der Waals surface area contributed by atoms with E-state index in [1.165, 1.54) is 0 Å². The molecule has 0 radical (unpaired) electrons. The van der Waals surface area contributed by atoms with E-state index in [9.17, 15) is 4.79 Å². The van der Waals surface area contributed by atoms with Gasteiger partial charge in [0, 0.05) is 5.56 Å². The van der Waals surface area contributed by atoms with Crippen LogP contribution in [0.2, 0.25) is 0 Å². The van der Waals surface area contributed by atoms with Crippen molar-refractivity contribution in [2.24, 2.45) is 10.9 Å². The number of carbonyl (C=O) groups excluding carboxylic acids is 1. The van der Waals surface area contributed by atoms with Crippen LogP contribution in [0.3, 0.4) is 0 Å². The van der Waals surface area contributed by atoms with Crippen LogP contribution in [0.5, 0.6) is 0 Å². The fraction of sp³-hybridized carbons (Fsp3) is 0.333. The molecular weight excluding hydrogens is 220 g/mol. The lowest BCUT2D eigenvalue weighted by Crippen LogP contribution is -2.17. The number of rotatable bonds is 3. The van der Waals surface area contributed by atoms with Crippen LogP contribution < -0.4 is 5.73 Å². The molecule has 0 atom stereocenters. The minimum Gasteiger partial charge on any atom is -0.430 e. The molecule has 0 bridgehead atoms. The van der Waals surface area contributed by atoms with Gasteiger partial charge in [-0.15, -0.1) is 0 Å². The second kappa shape index (κ2) is 5.89. The summed E-state index contributed by atoms with van der Waals surface area (Å²) in [5, 5.41) is 3.50. The van der Waals surface area contributed by atoms with Gasteiger partial charge < -0.3 is 10.5 Å². The number of amidine groups is 1. The van der Waals surface area contributed by atoms with E-state index in [4.69, 9.17) is 10.5 Å². The van der Waals surface area contributed by atoms with Gasteiger partial charge in [-0.2, -0.15) is 0 Å². The van der Waals surface area contributed by atoms with Crippen molar-refractivity contribution in [2.45, 2.75) is 26.9 Å². The van der Waals surface area contributed by atoms with Gasteiger partial charge in [0.25, 0.3) is 0 Å². The highest BCUT2D eigenvalue weighted by Crippen LogP contribution is 2.03. The molecule has 92 valence electrons. The van der Waals surface area contributed by atoms with E-state index in [0.29, 0.717) is 5.56 Å². The van der Waals surface area contributed by atoms with E-state index in [2.05, 4.69) is 9.99 Å². The van der Waals surface area contributed by atoms with Crippen molar-refractivity contribution in [1.29, 1.82) is 0 Å². The summed E-state index contributed by atoms with van der Waals surface area (Å²) in [6.45, 7) is 5.40. The Labute approximate surface area is 100 Å². The van der Waals surface area contributed by atoms with E-state index in [-0.39, 0.29) is 11.9 Å². The lowest BCUT2D eigenvalue weighted by Gasteiger charge is -2.05. The Balaban J connectivity index is 2.60. The summed E-state index contributed by atoms with van der Waals surface area (Å²) >= 11 is 0. The van der Waals surface area contributed by atoms with Gasteiger partial charge in [0.05, 0.1) is 6.10 Å². The summed E-state index contributed by atoms with van der Waals surface area (Å²) in [6.07, 6.45) is -1.12. The van der Waals surface area contributed by atoms with Crippen molar-refractivity contribution in [3.05, 3.63) is 35.4 Å². The molecule has 1 rings (SSSR count). The molecule has 0 amide bonds. The average molecular weight is 236 g/mol. The van der Waals surface area contributed by atoms with Crippen molar-refractivity contribution >= 4 is 12.0 Å². The highest BCUT2D eigenvalue weighted by Gasteiger charge is 2.07. The predicted octanol–water partition coefficient (Wildman–Crippen LogP) is 2.18. The SMILES string of the molecule is Cc1ccc(/C(N)=N/OC(=O)OC(C)C)cc1. The van der Waals surface area contributed by atoms with Crippen LogP contribution in [0.15, 0.2) is 29.4 Å². The van der Waals surface area contributed by atoms with Crippen LogP contribution in [0, 0.1) is 6.92 Å². The van der Waals surface area contributed by atoms with Gasteiger partial charge in [-0.3, -0.25) is 4.84 Å². The summed E-state index contributed by atoms with van der Waals surface area (Å²) in [5.41, 5.74) is 7.44. The maximum atomic E-state index is 11.0. The molecule has 0 aliphatic heterocycles. The van der Waals surface area contributed by atoms with Crippen molar-refractivity contribution in [1.82, 2.24) is 0 Å². The molecule has 2 N–H and O–H groups in total. The molecule has 1 aromatic carbocycles. The molecule has 0 saturated carbocycles. The number of nitrogens with two attached hydrogens (primary N) is 1. The fourth-order valence-corrected chi connectivity index (χ4v) is 1.08. The zero-order chi connectivity index (χ0) is 12.8. The zero-order valence-corrected chi connectivity index (χ0v) is 10.1. The van der Waals surface area contributed by atoms with Crippen LogP contribution >= 0.6 is 0 Å². The number of ether oxygens (including phenoxy) is 1. The monoisotopic (exact) mass is 236 g/mol. The van der Waals surface area contributed by atoms with E-state index in [1.807, 2.05) is 19.1 Å². The smallest absolute Gasteiger partial charge is 0.430 e. The molecule has 5 heteroatoms. The van der Waals surface area contributed by atoms with Crippen LogP contribution in [0.1, 0.15) is 25.0 Å². The number of carbonyl (C=O) groups is 1. The molecule has 17 heavy (non-hydrogen) atoms. The molecule has 0 aromatic heterocycles. The van der Waals surface area contributed by atoms with E-state index in [0.717, 1.165) is 5.56 Å². The van der Waals surface area contributed by atoms with Gasteiger partial charge in [0.2, 0.25) is 0 Å². The van der Waals surface area contributed by atoms with Crippen LogP contribution in [0.4, 0.5) is 4.79 Å². The molecule has 0 heterocycles. The van der Waals surface area contributed by atoms with Crippen molar-refractivity contribution in [3.8, 4) is 0 Å². The van der Waals surface area contributed by atoms with Crippen molar-refractivity contribution in [3.63, 3.8) is 0 Å². The number of hydrogen-bond donors (Lipinski definition) is 1. The first-order chi connectivity index (χ1) is 7.99. The second-order valence-corrected chi connectivity index (χ2v) is 3.85. The highest BCUT2D eigenvalue weighted by atomic mass is 16.8. The van der Waals surface area contributed by atoms with Crippen molar-refractivity contribution in [2.75, 3.05) is 0 Å². The fourth-order valence-electron chi connectivity index (χ4n) is 1.08.